The number of hydrazine groups is 1. The quantitative estimate of drug-likeness (QED) is 0.496. The number of hydrogen-bond acceptors (Lipinski definition) is 7. The van der Waals surface area contributed by atoms with Crippen molar-refractivity contribution in [1.82, 2.24) is 9.97 Å². The van der Waals surface area contributed by atoms with Gasteiger partial charge in [0, 0.05) is 24.8 Å². The molecule has 0 fully saturated rings. The first-order valence-corrected chi connectivity index (χ1v) is 8.19. The van der Waals surface area contributed by atoms with Crippen LogP contribution < -0.4 is 16.6 Å². The molecule has 0 radical (unpaired) electrons. The zero-order chi connectivity index (χ0) is 14.5. The van der Waals surface area contributed by atoms with Crippen LogP contribution in [0.5, 0.6) is 0 Å². The van der Waals surface area contributed by atoms with Crippen LogP contribution in [-0.4, -0.2) is 36.4 Å². The first kappa shape index (κ1) is 15.6. The van der Waals surface area contributed by atoms with Gasteiger partial charge in [0.1, 0.15) is 27.3 Å². The van der Waals surface area contributed by atoms with E-state index >= 15 is 0 Å². The van der Waals surface area contributed by atoms with Crippen LogP contribution in [0.1, 0.15) is 26.1 Å². The number of sulfone groups is 1. The fourth-order valence-corrected chi connectivity index (χ4v) is 2.72. The average molecular weight is 287 g/mol. The minimum absolute atomic E-state index is 0.0471. The van der Waals surface area contributed by atoms with Crippen molar-refractivity contribution < 1.29 is 8.42 Å². The Bertz CT molecular complexity index is 518. The molecule has 0 aliphatic carbocycles. The van der Waals surface area contributed by atoms with Crippen LogP contribution in [-0.2, 0) is 16.3 Å². The van der Waals surface area contributed by atoms with E-state index in [-0.39, 0.29) is 11.8 Å². The summed E-state index contributed by atoms with van der Waals surface area (Å²) >= 11 is 0. The third-order valence-electron chi connectivity index (χ3n) is 2.34. The minimum atomic E-state index is -3.03. The van der Waals surface area contributed by atoms with Crippen molar-refractivity contribution in [2.24, 2.45) is 5.84 Å². The average Bonchev–Trinajstić information content (AvgIpc) is 2.26. The molecule has 19 heavy (non-hydrogen) atoms. The smallest absolute Gasteiger partial charge is 0.149 e. The molecule has 1 unspecified atom stereocenters. The van der Waals surface area contributed by atoms with E-state index in [1.165, 1.54) is 6.26 Å². The Kier molecular flexibility index (Phi) is 5.49. The standard InChI is InChI=1S/C11H21N5O2S/c1-4-5-9-14-10(6-11(15-9)16-12)13-8(2)7-19(3,17)18/h6,8H,4-5,7,12H2,1-3H3,(H2,13,14,15,16). The molecular formula is C11H21N5O2S. The molecular weight excluding hydrogens is 266 g/mol. The lowest BCUT2D eigenvalue weighted by molar-refractivity contribution is 0.598. The number of nitrogen functional groups attached to an aromatic ring is 1. The van der Waals surface area contributed by atoms with Gasteiger partial charge in [-0.3, -0.25) is 0 Å². The summed E-state index contributed by atoms with van der Waals surface area (Å²) in [5.41, 5.74) is 2.48. The van der Waals surface area contributed by atoms with E-state index in [0.29, 0.717) is 17.5 Å². The lowest BCUT2D eigenvalue weighted by Gasteiger charge is -2.14. The van der Waals surface area contributed by atoms with Crippen molar-refractivity contribution in [2.75, 3.05) is 22.8 Å². The van der Waals surface area contributed by atoms with Crippen molar-refractivity contribution in [1.29, 1.82) is 0 Å². The van der Waals surface area contributed by atoms with E-state index in [1.807, 2.05) is 6.92 Å². The molecule has 0 saturated carbocycles. The van der Waals surface area contributed by atoms with Gasteiger partial charge in [0.15, 0.2) is 0 Å². The second kappa shape index (κ2) is 6.67. The molecule has 8 heteroatoms. The van der Waals surface area contributed by atoms with Crippen molar-refractivity contribution in [3.05, 3.63) is 11.9 Å². The first-order chi connectivity index (χ1) is 8.84. The number of anilines is 2. The Morgan fingerprint density at radius 3 is 2.53 bits per heavy atom. The molecule has 1 heterocycles. The maximum Gasteiger partial charge on any atom is 0.149 e. The molecule has 0 saturated heterocycles. The number of aromatic nitrogens is 2. The molecule has 108 valence electrons. The molecule has 0 aliphatic rings. The van der Waals surface area contributed by atoms with Crippen LogP contribution in [0.15, 0.2) is 6.07 Å². The summed E-state index contributed by atoms with van der Waals surface area (Å²) < 4.78 is 22.4. The molecule has 0 spiro atoms. The molecule has 1 aromatic heterocycles. The first-order valence-electron chi connectivity index (χ1n) is 6.13. The third kappa shape index (κ3) is 5.84. The number of hydrogen-bond donors (Lipinski definition) is 3. The summed E-state index contributed by atoms with van der Waals surface area (Å²) in [5, 5.41) is 3.05. The molecule has 1 aromatic rings. The SMILES string of the molecule is CCCc1nc(NN)cc(NC(C)CS(C)(=O)=O)n1. The number of aryl methyl sites for hydroxylation is 1. The maximum absolute atomic E-state index is 11.2. The van der Waals surface area contributed by atoms with Crippen molar-refractivity contribution in [2.45, 2.75) is 32.7 Å². The highest BCUT2D eigenvalue weighted by molar-refractivity contribution is 7.90. The molecule has 1 atom stereocenters. The van der Waals surface area contributed by atoms with Gasteiger partial charge in [0.05, 0.1) is 5.75 Å². The van der Waals surface area contributed by atoms with Gasteiger partial charge in [-0.15, -0.1) is 0 Å². The van der Waals surface area contributed by atoms with E-state index in [9.17, 15) is 8.42 Å². The Morgan fingerprint density at radius 2 is 2.00 bits per heavy atom. The molecule has 0 amide bonds. The predicted octanol–water partition coefficient (Wildman–Crippen LogP) is 0.560. The fourth-order valence-electron chi connectivity index (χ4n) is 1.73. The number of rotatable bonds is 7. The van der Waals surface area contributed by atoms with Crippen molar-refractivity contribution in [3.63, 3.8) is 0 Å². The summed E-state index contributed by atoms with van der Waals surface area (Å²) in [4.78, 5) is 8.55. The van der Waals surface area contributed by atoms with Gasteiger partial charge in [0.2, 0.25) is 0 Å². The van der Waals surface area contributed by atoms with E-state index in [1.54, 1.807) is 13.0 Å². The zero-order valence-corrected chi connectivity index (χ0v) is 12.3. The number of nitrogens with two attached hydrogens (primary N) is 1. The lowest BCUT2D eigenvalue weighted by Crippen LogP contribution is -2.26. The summed E-state index contributed by atoms with van der Waals surface area (Å²) in [6, 6.07) is 1.42. The third-order valence-corrected chi connectivity index (χ3v) is 3.45. The monoisotopic (exact) mass is 287 g/mol. The van der Waals surface area contributed by atoms with Crippen LogP contribution in [0.4, 0.5) is 11.6 Å². The van der Waals surface area contributed by atoms with Crippen LogP contribution >= 0.6 is 0 Å². The van der Waals surface area contributed by atoms with E-state index < -0.39 is 9.84 Å². The molecule has 7 nitrogen and oxygen atoms in total. The van der Waals surface area contributed by atoms with Gasteiger partial charge in [-0.25, -0.2) is 24.2 Å². The normalized spacial score (nSPS) is 13.1. The molecule has 0 aromatic carbocycles. The van der Waals surface area contributed by atoms with Gasteiger partial charge in [-0.05, 0) is 13.3 Å². The van der Waals surface area contributed by atoms with E-state index in [2.05, 4.69) is 20.7 Å². The van der Waals surface area contributed by atoms with Gasteiger partial charge < -0.3 is 10.7 Å². The highest BCUT2D eigenvalue weighted by Crippen LogP contribution is 2.13. The lowest BCUT2D eigenvalue weighted by atomic mass is 10.3. The van der Waals surface area contributed by atoms with Crippen LogP contribution in [0.25, 0.3) is 0 Å². The summed E-state index contributed by atoms with van der Waals surface area (Å²) in [6.07, 6.45) is 2.87. The van der Waals surface area contributed by atoms with E-state index in [0.717, 1.165) is 12.8 Å². The van der Waals surface area contributed by atoms with E-state index in [4.69, 9.17) is 5.84 Å². The highest BCUT2D eigenvalue weighted by Gasteiger charge is 2.12. The van der Waals surface area contributed by atoms with Crippen molar-refractivity contribution >= 4 is 21.5 Å². The van der Waals surface area contributed by atoms with Crippen LogP contribution in [0.2, 0.25) is 0 Å². The summed E-state index contributed by atoms with van der Waals surface area (Å²) in [6.45, 7) is 3.82. The molecule has 4 N–H and O–H groups in total. The number of nitrogens with one attached hydrogen (secondary N) is 2. The fraction of sp³-hybridized carbons (Fsp3) is 0.636. The number of nitrogens with zero attached hydrogens (tertiary/aromatic N) is 2. The van der Waals surface area contributed by atoms with Gasteiger partial charge in [0.25, 0.3) is 0 Å². The van der Waals surface area contributed by atoms with Crippen LogP contribution in [0, 0.1) is 0 Å². The minimum Gasteiger partial charge on any atom is -0.366 e. The predicted molar refractivity (Wildman–Crippen MR) is 76.6 cm³/mol. The van der Waals surface area contributed by atoms with Gasteiger partial charge in [-0.1, -0.05) is 6.92 Å². The zero-order valence-electron chi connectivity index (χ0n) is 11.5. The molecule has 1 rings (SSSR count). The summed E-state index contributed by atoms with van der Waals surface area (Å²) in [5.74, 6) is 7.15. The largest absolute Gasteiger partial charge is 0.366 e. The second-order valence-corrected chi connectivity index (χ2v) is 6.77. The Balaban J connectivity index is 2.84. The topological polar surface area (TPSA) is 110 Å². The van der Waals surface area contributed by atoms with Crippen molar-refractivity contribution in [3.8, 4) is 0 Å². The van der Waals surface area contributed by atoms with Crippen LogP contribution in [0.3, 0.4) is 0 Å². The van der Waals surface area contributed by atoms with Gasteiger partial charge in [-0.2, -0.15) is 0 Å². The Morgan fingerprint density at radius 1 is 1.37 bits per heavy atom. The second-order valence-electron chi connectivity index (χ2n) is 4.59. The Hall–Kier alpha value is -1.41. The summed E-state index contributed by atoms with van der Waals surface area (Å²) in [7, 11) is -3.03. The highest BCUT2D eigenvalue weighted by atomic mass is 32.2. The Labute approximate surface area is 113 Å². The maximum atomic E-state index is 11.2. The molecule has 0 bridgehead atoms. The molecule has 0 aliphatic heterocycles. The van der Waals surface area contributed by atoms with Gasteiger partial charge >= 0.3 is 0 Å².